The first-order valence-electron chi connectivity index (χ1n) is 9.35. The second kappa shape index (κ2) is 10.7. The van der Waals surface area contributed by atoms with Gasteiger partial charge in [-0.3, -0.25) is 10.1 Å². The summed E-state index contributed by atoms with van der Waals surface area (Å²) in [5, 5.41) is 15.8. The molecule has 2 amide bonds. The minimum absolute atomic E-state index is 0.186. The van der Waals surface area contributed by atoms with E-state index in [9.17, 15) is 23.7 Å². The smallest absolute Gasteiger partial charge is 0.387 e. The van der Waals surface area contributed by atoms with Gasteiger partial charge in [0.05, 0.1) is 10.6 Å². The number of hydrogen-bond acceptors (Lipinski definition) is 5. The molecule has 1 aromatic carbocycles. The average Bonchev–Trinajstić information content (AvgIpc) is 2.62. The number of amides is 2. The van der Waals surface area contributed by atoms with Crippen LogP contribution in [0, 0.1) is 16.0 Å². The predicted octanol–water partition coefficient (Wildman–Crippen LogP) is 3.83. The Balaban J connectivity index is 1.78. The van der Waals surface area contributed by atoms with Gasteiger partial charge in [-0.05, 0) is 50.8 Å². The minimum atomic E-state index is -3.11. The van der Waals surface area contributed by atoms with Crippen LogP contribution in [0.3, 0.4) is 0 Å². The van der Waals surface area contributed by atoms with E-state index in [2.05, 4.69) is 27.2 Å². The molecule has 1 fully saturated rings. The molecule has 2 rings (SSSR count). The molecule has 1 heterocycles. The van der Waals surface area contributed by atoms with Crippen molar-refractivity contribution in [2.75, 3.05) is 31.5 Å². The van der Waals surface area contributed by atoms with Crippen LogP contribution in [0.2, 0.25) is 0 Å². The number of nitro benzene ring substituents is 1. The maximum atomic E-state index is 12.5. The van der Waals surface area contributed by atoms with Crippen molar-refractivity contribution in [1.29, 1.82) is 0 Å². The molecule has 2 N–H and O–H groups in total. The number of benzene rings is 1. The number of unbranched alkanes of at least 4 members (excludes halogenated alkanes) is 1. The predicted molar refractivity (Wildman–Crippen MR) is 101 cm³/mol. The Bertz CT molecular complexity index is 675. The molecule has 0 aliphatic carbocycles. The molecular weight excluding hydrogens is 374 g/mol. The van der Waals surface area contributed by atoms with Crippen molar-refractivity contribution in [2.45, 2.75) is 39.2 Å². The van der Waals surface area contributed by atoms with E-state index in [1.54, 1.807) is 0 Å². The largest absolute Gasteiger partial charge is 0.433 e. The van der Waals surface area contributed by atoms with E-state index in [1.807, 2.05) is 0 Å². The number of carbonyl (C=O) groups is 1. The molecular formula is C18H26F2N4O4. The first-order valence-corrected chi connectivity index (χ1v) is 9.35. The summed E-state index contributed by atoms with van der Waals surface area (Å²) in [5.74, 6) is 0.382. The summed E-state index contributed by atoms with van der Waals surface area (Å²) in [6, 6.07) is 2.41. The van der Waals surface area contributed by atoms with Crippen molar-refractivity contribution in [3.63, 3.8) is 0 Å². The lowest BCUT2D eigenvalue weighted by atomic mass is 10.0. The number of non-ortho nitro benzene ring substituents is 1. The number of nitrogens with one attached hydrogen (secondary N) is 2. The highest BCUT2D eigenvalue weighted by Crippen LogP contribution is 2.30. The van der Waals surface area contributed by atoms with Crippen LogP contribution < -0.4 is 15.4 Å². The molecule has 0 saturated carbocycles. The number of urea groups is 1. The molecule has 8 nitrogen and oxygen atoms in total. The quantitative estimate of drug-likeness (QED) is 0.373. The monoisotopic (exact) mass is 400 g/mol. The summed E-state index contributed by atoms with van der Waals surface area (Å²) in [4.78, 5) is 24.6. The van der Waals surface area contributed by atoms with Gasteiger partial charge in [0, 0.05) is 25.2 Å². The number of likely N-dealkylation sites (tertiary alicyclic amines) is 1. The van der Waals surface area contributed by atoms with Gasteiger partial charge < -0.3 is 20.3 Å². The lowest BCUT2D eigenvalue weighted by Gasteiger charge is -2.30. The molecule has 0 radical (unpaired) electrons. The van der Waals surface area contributed by atoms with Crippen molar-refractivity contribution in [1.82, 2.24) is 10.2 Å². The zero-order chi connectivity index (χ0) is 20.5. The Morgan fingerprint density at radius 2 is 2.21 bits per heavy atom. The number of rotatable bonds is 9. The normalized spacial score (nSPS) is 17.4. The van der Waals surface area contributed by atoms with Crippen LogP contribution in [0.5, 0.6) is 5.75 Å². The van der Waals surface area contributed by atoms with Crippen LogP contribution in [0.15, 0.2) is 18.2 Å². The third-order valence-electron chi connectivity index (χ3n) is 4.57. The Hall–Kier alpha value is -2.49. The van der Waals surface area contributed by atoms with E-state index >= 15 is 0 Å². The van der Waals surface area contributed by atoms with Gasteiger partial charge in [-0.15, -0.1) is 0 Å². The topological polar surface area (TPSA) is 96.7 Å². The molecule has 0 aromatic heterocycles. The zero-order valence-corrected chi connectivity index (χ0v) is 15.8. The van der Waals surface area contributed by atoms with E-state index in [4.69, 9.17) is 0 Å². The lowest BCUT2D eigenvalue weighted by Crippen LogP contribution is -2.35. The average molecular weight is 400 g/mol. The molecule has 28 heavy (non-hydrogen) atoms. The zero-order valence-electron chi connectivity index (χ0n) is 15.8. The van der Waals surface area contributed by atoms with E-state index in [-0.39, 0.29) is 17.1 Å². The van der Waals surface area contributed by atoms with Gasteiger partial charge in [0.15, 0.2) is 0 Å². The summed E-state index contributed by atoms with van der Waals surface area (Å²) >= 11 is 0. The summed E-state index contributed by atoms with van der Waals surface area (Å²) in [6.07, 6.45) is 4.19. The van der Waals surface area contributed by atoms with Crippen molar-refractivity contribution < 1.29 is 23.2 Å². The molecule has 156 valence electrons. The number of alkyl halides is 2. The van der Waals surface area contributed by atoms with Crippen LogP contribution in [-0.2, 0) is 0 Å². The summed E-state index contributed by atoms with van der Waals surface area (Å²) in [6.45, 7) is 2.74. The van der Waals surface area contributed by atoms with E-state index in [0.717, 1.165) is 56.6 Å². The Kier molecular flexibility index (Phi) is 8.37. The van der Waals surface area contributed by atoms with E-state index < -0.39 is 17.6 Å². The number of halogens is 2. The summed E-state index contributed by atoms with van der Waals surface area (Å²) in [7, 11) is 0. The maximum Gasteiger partial charge on any atom is 0.387 e. The van der Waals surface area contributed by atoms with Crippen LogP contribution in [0.1, 0.15) is 32.6 Å². The second-order valence-electron chi connectivity index (χ2n) is 6.95. The molecule has 1 saturated heterocycles. The van der Waals surface area contributed by atoms with Crippen molar-refractivity contribution in [3.8, 4) is 5.75 Å². The molecule has 1 aliphatic rings. The second-order valence-corrected chi connectivity index (χ2v) is 6.95. The van der Waals surface area contributed by atoms with Crippen LogP contribution in [0.25, 0.3) is 0 Å². The molecule has 0 spiro atoms. The van der Waals surface area contributed by atoms with Crippen molar-refractivity contribution in [3.05, 3.63) is 28.3 Å². The third-order valence-corrected chi connectivity index (χ3v) is 4.57. The number of nitro groups is 1. The highest BCUT2D eigenvalue weighted by molar-refractivity contribution is 5.91. The van der Waals surface area contributed by atoms with E-state index in [1.165, 1.54) is 12.8 Å². The van der Waals surface area contributed by atoms with Crippen LogP contribution in [-0.4, -0.2) is 48.6 Å². The first kappa shape index (κ1) is 21.8. The maximum absolute atomic E-state index is 12.5. The Morgan fingerprint density at radius 1 is 1.43 bits per heavy atom. The number of piperidine rings is 1. The van der Waals surface area contributed by atoms with Gasteiger partial charge in [0.1, 0.15) is 5.75 Å². The highest BCUT2D eigenvalue weighted by Gasteiger charge is 2.17. The fourth-order valence-corrected chi connectivity index (χ4v) is 3.25. The van der Waals surface area contributed by atoms with E-state index in [0.29, 0.717) is 6.54 Å². The Morgan fingerprint density at radius 3 is 2.89 bits per heavy atom. The minimum Gasteiger partial charge on any atom is -0.433 e. The standard InChI is InChI=1S/C18H26F2N4O4/c1-13-5-4-10-23(12-13)9-3-2-8-21-18(25)22-15-11-14(24(26)27)6-7-16(15)28-17(19)20/h6-7,11,13,17H,2-5,8-10,12H2,1H3,(H2,21,22,25). The van der Waals surface area contributed by atoms with Gasteiger partial charge >= 0.3 is 12.6 Å². The van der Waals surface area contributed by atoms with Gasteiger partial charge in [0.25, 0.3) is 5.69 Å². The molecule has 1 atom stereocenters. The molecule has 0 bridgehead atoms. The van der Waals surface area contributed by atoms with Gasteiger partial charge in [-0.1, -0.05) is 6.92 Å². The fraction of sp³-hybridized carbons (Fsp3) is 0.611. The Labute approximate surface area is 162 Å². The molecule has 1 aliphatic heterocycles. The van der Waals surface area contributed by atoms with Crippen LogP contribution >= 0.6 is 0 Å². The number of anilines is 1. The van der Waals surface area contributed by atoms with Gasteiger partial charge in [0.2, 0.25) is 0 Å². The molecule has 1 unspecified atom stereocenters. The summed E-state index contributed by atoms with van der Waals surface area (Å²) in [5.41, 5.74) is -0.526. The first-order chi connectivity index (χ1) is 13.3. The third kappa shape index (κ3) is 7.26. The van der Waals surface area contributed by atoms with Crippen molar-refractivity contribution >= 4 is 17.4 Å². The number of nitrogens with zero attached hydrogens (tertiary/aromatic N) is 2. The van der Waals surface area contributed by atoms with Crippen molar-refractivity contribution in [2.24, 2.45) is 5.92 Å². The molecule has 1 aromatic rings. The highest BCUT2D eigenvalue weighted by atomic mass is 19.3. The molecule has 10 heteroatoms. The van der Waals surface area contributed by atoms with Gasteiger partial charge in [-0.2, -0.15) is 8.78 Å². The number of hydrogen-bond donors (Lipinski definition) is 2. The lowest BCUT2D eigenvalue weighted by molar-refractivity contribution is -0.384. The fourth-order valence-electron chi connectivity index (χ4n) is 3.25. The SMILES string of the molecule is CC1CCCN(CCCCNC(=O)Nc2cc([N+](=O)[O-])ccc2OC(F)F)C1. The summed E-state index contributed by atoms with van der Waals surface area (Å²) < 4.78 is 29.2. The van der Waals surface area contributed by atoms with Gasteiger partial charge in [-0.25, -0.2) is 4.79 Å². The van der Waals surface area contributed by atoms with Crippen LogP contribution in [0.4, 0.5) is 25.0 Å². The number of ether oxygens (including phenoxy) is 1. The number of carbonyl (C=O) groups excluding carboxylic acids is 1.